The van der Waals surface area contributed by atoms with Crippen molar-refractivity contribution in [2.24, 2.45) is 5.92 Å². The van der Waals surface area contributed by atoms with Crippen LogP contribution in [-0.4, -0.2) is 17.8 Å². The molecular formula is C13H16ClF2NO. The Bertz CT molecular complexity index is 403. The van der Waals surface area contributed by atoms with Crippen LogP contribution < -0.4 is 5.32 Å². The Balaban J connectivity index is 2.55. The van der Waals surface area contributed by atoms with Gasteiger partial charge in [0, 0.05) is 18.2 Å². The molecule has 0 aliphatic rings. The summed E-state index contributed by atoms with van der Waals surface area (Å²) in [7, 11) is 0. The van der Waals surface area contributed by atoms with Crippen molar-refractivity contribution >= 4 is 17.5 Å². The maximum atomic E-state index is 12.9. The normalized spacial score (nSPS) is 12.6. The van der Waals surface area contributed by atoms with Crippen molar-refractivity contribution in [3.8, 4) is 0 Å². The Hall–Kier alpha value is -1.16. The van der Waals surface area contributed by atoms with Crippen molar-refractivity contribution in [3.05, 3.63) is 35.4 Å². The van der Waals surface area contributed by atoms with Gasteiger partial charge in [0.05, 0.1) is 5.38 Å². The van der Waals surface area contributed by atoms with Crippen molar-refractivity contribution in [1.82, 2.24) is 5.32 Å². The lowest BCUT2D eigenvalue weighted by Gasteiger charge is -2.13. The number of hydrogen-bond donors (Lipinski definition) is 1. The van der Waals surface area contributed by atoms with E-state index in [-0.39, 0.29) is 17.5 Å². The zero-order chi connectivity index (χ0) is 13.7. The Morgan fingerprint density at radius 3 is 2.33 bits per heavy atom. The van der Waals surface area contributed by atoms with Crippen LogP contribution in [-0.2, 0) is 0 Å². The molecule has 18 heavy (non-hydrogen) atoms. The Morgan fingerprint density at radius 2 is 1.83 bits per heavy atom. The van der Waals surface area contributed by atoms with E-state index in [1.807, 2.05) is 13.8 Å². The lowest BCUT2D eigenvalue weighted by Crippen LogP contribution is -2.30. The van der Waals surface area contributed by atoms with Gasteiger partial charge in [-0.1, -0.05) is 13.8 Å². The largest absolute Gasteiger partial charge is 0.351 e. The van der Waals surface area contributed by atoms with Crippen LogP contribution in [0, 0.1) is 17.6 Å². The minimum atomic E-state index is -0.773. The van der Waals surface area contributed by atoms with Gasteiger partial charge in [-0.25, -0.2) is 8.78 Å². The Morgan fingerprint density at radius 1 is 1.28 bits per heavy atom. The molecule has 1 N–H and O–H groups in total. The van der Waals surface area contributed by atoms with E-state index in [9.17, 15) is 13.6 Å². The highest BCUT2D eigenvalue weighted by Crippen LogP contribution is 2.11. The van der Waals surface area contributed by atoms with Crippen molar-refractivity contribution in [2.45, 2.75) is 25.6 Å². The van der Waals surface area contributed by atoms with Crippen molar-refractivity contribution in [3.63, 3.8) is 0 Å². The van der Waals surface area contributed by atoms with E-state index >= 15 is 0 Å². The molecule has 2 nitrogen and oxygen atoms in total. The van der Waals surface area contributed by atoms with Gasteiger partial charge in [-0.2, -0.15) is 0 Å². The zero-order valence-electron chi connectivity index (χ0n) is 10.3. The van der Waals surface area contributed by atoms with Gasteiger partial charge < -0.3 is 5.32 Å². The smallest absolute Gasteiger partial charge is 0.251 e. The standard InChI is InChI=1S/C13H16ClF2NO/c1-8(2)3-10(14)7-17-13(18)9-4-11(15)6-12(16)5-9/h4-6,8,10H,3,7H2,1-2H3,(H,17,18). The highest BCUT2D eigenvalue weighted by Gasteiger charge is 2.12. The third-order valence-electron chi connectivity index (χ3n) is 2.34. The van der Waals surface area contributed by atoms with Gasteiger partial charge in [0.1, 0.15) is 11.6 Å². The molecule has 1 aromatic carbocycles. The Labute approximate surface area is 110 Å². The number of benzene rings is 1. The minimum Gasteiger partial charge on any atom is -0.351 e. The maximum absolute atomic E-state index is 12.9. The molecule has 100 valence electrons. The second-order valence-corrected chi connectivity index (χ2v) is 5.21. The molecule has 5 heteroatoms. The van der Waals surface area contributed by atoms with Gasteiger partial charge in [-0.15, -0.1) is 11.6 Å². The maximum Gasteiger partial charge on any atom is 0.251 e. The highest BCUT2D eigenvalue weighted by molar-refractivity contribution is 6.20. The summed E-state index contributed by atoms with van der Waals surface area (Å²) in [6.07, 6.45) is 0.763. The second-order valence-electron chi connectivity index (χ2n) is 4.59. The number of alkyl halides is 1. The number of carbonyl (C=O) groups is 1. The molecule has 0 bridgehead atoms. The number of carbonyl (C=O) groups excluding carboxylic acids is 1. The van der Waals surface area contributed by atoms with E-state index in [2.05, 4.69) is 5.32 Å². The molecule has 0 radical (unpaired) electrons. The Kier molecular flexibility index (Phi) is 5.54. The van der Waals surface area contributed by atoms with Crippen LogP contribution in [0.4, 0.5) is 8.78 Å². The first-order valence-electron chi connectivity index (χ1n) is 5.77. The van der Waals surface area contributed by atoms with Gasteiger partial charge in [0.2, 0.25) is 0 Å². The molecule has 0 fully saturated rings. The van der Waals surface area contributed by atoms with Crippen molar-refractivity contribution in [1.29, 1.82) is 0 Å². The number of hydrogen-bond acceptors (Lipinski definition) is 1. The summed E-state index contributed by atoms with van der Waals surface area (Å²) in [6.45, 7) is 4.33. The molecule has 0 aliphatic heterocycles. The molecule has 1 aromatic rings. The average molecular weight is 276 g/mol. The third kappa shape index (κ3) is 5.00. The topological polar surface area (TPSA) is 29.1 Å². The third-order valence-corrected chi connectivity index (χ3v) is 2.67. The van der Waals surface area contributed by atoms with Crippen LogP contribution in [0.1, 0.15) is 30.6 Å². The molecule has 0 aromatic heterocycles. The summed E-state index contributed by atoms with van der Waals surface area (Å²) in [5.41, 5.74) is -0.0408. The second kappa shape index (κ2) is 6.69. The summed E-state index contributed by atoms with van der Waals surface area (Å²) in [5.74, 6) is -1.65. The molecule has 1 rings (SSSR count). The molecule has 0 saturated carbocycles. The quantitative estimate of drug-likeness (QED) is 0.821. The van der Waals surface area contributed by atoms with E-state index < -0.39 is 17.5 Å². The average Bonchev–Trinajstić information content (AvgIpc) is 2.23. The van der Waals surface area contributed by atoms with Crippen LogP contribution in [0.5, 0.6) is 0 Å². The van der Waals surface area contributed by atoms with Gasteiger partial charge in [-0.3, -0.25) is 4.79 Å². The van der Waals surface area contributed by atoms with Crippen LogP contribution in [0.15, 0.2) is 18.2 Å². The SMILES string of the molecule is CC(C)CC(Cl)CNC(=O)c1cc(F)cc(F)c1. The van der Waals surface area contributed by atoms with Crippen molar-refractivity contribution < 1.29 is 13.6 Å². The fourth-order valence-corrected chi connectivity index (χ4v) is 2.02. The fraction of sp³-hybridized carbons (Fsp3) is 0.462. The number of nitrogens with one attached hydrogen (secondary N) is 1. The van der Waals surface area contributed by atoms with Crippen LogP contribution >= 0.6 is 11.6 Å². The summed E-state index contributed by atoms with van der Waals surface area (Å²) < 4.78 is 25.8. The summed E-state index contributed by atoms with van der Waals surface area (Å²) in [4.78, 5) is 11.6. The van der Waals surface area contributed by atoms with E-state index in [1.54, 1.807) is 0 Å². The van der Waals surface area contributed by atoms with Crippen LogP contribution in [0.3, 0.4) is 0 Å². The lowest BCUT2D eigenvalue weighted by atomic mass is 10.1. The molecule has 0 heterocycles. The van der Waals surface area contributed by atoms with Gasteiger partial charge >= 0.3 is 0 Å². The summed E-state index contributed by atoms with van der Waals surface area (Å²) in [6, 6.07) is 2.70. The minimum absolute atomic E-state index is 0.0408. The number of halogens is 3. The summed E-state index contributed by atoms with van der Waals surface area (Å²) >= 11 is 6.01. The van der Waals surface area contributed by atoms with Crippen molar-refractivity contribution in [2.75, 3.05) is 6.54 Å². The summed E-state index contributed by atoms with van der Waals surface area (Å²) in [5, 5.41) is 2.37. The van der Waals surface area contributed by atoms with Gasteiger partial charge in [-0.05, 0) is 24.5 Å². The van der Waals surface area contributed by atoms with E-state index in [1.165, 1.54) is 0 Å². The highest BCUT2D eigenvalue weighted by atomic mass is 35.5. The molecule has 1 unspecified atom stereocenters. The van der Waals surface area contributed by atoms with Gasteiger partial charge in [0.15, 0.2) is 0 Å². The van der Waals surface area contributed by atoms with Crippen LogP contribution in [0.25, 0.3) is 0 Å². The molecule has 0 spiro atoms. The first kappa shape index (κ1) is 14.9. The predicted molar refractivity (Wildman–Crippen MR) is 67.8 cm³/mol. The van der Waals surface area contributed by atoms with Crippen LogP contribution in [0.2, 0.25) is 0 Å². The monoisotopic (exact) mass is 275 g/mol. The van der Waals surface area contributed by atoms with E-state index in [0.717, 1.165) is 24.6 Å². The predicted octanol–water partition coefficient (Wildman–Crippen LogP) is 3.35. The lowest BCUT2D eigenvalue weighted by molar-refractivity contribution is 0.0952. The fourth-order valence-electron chi connectivity index (χ4n) is 1.59. The van der Waals surface area contributed by atoms with E-state index in [4.69, 9.17) is 11.6 Å². The number of amides is 1. The van der Waals surface area contributed by atoms with E-state index in [0.29, 0.717) is 5.92 Å². The molecule has 1 amide bonds. The molecular weight excluding hydrogens is 260 g/mol. The zero-order valence-corrected chi connectivity index (χ0v) is 11.1. The van der Waals surface area contributed by atoms with Gasteiger partial charge in [0.25, 0.3) is 5.91 Å². The number of rotatable bonds is 5. The molecule has 0 saturated heterocycles. The first-order chi connectivity index (χ1) is 8.38. The molecule has 0 aliphatic carbocycles. The molecule has 1 atom stereocenters. The first-order valence-corrected chi connectivity index (χ1v) is 6.20.